The number of nitrogens with zero attached hydrogens (tertiary/aromatic N) is 5. The SMILES string of the molecule is Cc1cnc2c(c1)nc(C(C)Cl)n2Cc1cn(C)nc1C. The monoisotopic (exact) mass is 303 g/mol. The second-order valence-electron chi connectivity index (χ2n) is 5.44. The molecule has 3 aromatic heterocycles. The van der Waals surface area contributed by atoms with E-state index in [0.717, 1.165) is 33.8 Å². The lowest BCUT2D eigenvalue weighted by Gasteiger charge is -2.09. The van der Waals surface area contributed by atoms with Crippen LogP contribution in [-0.2, 0) is 13.6 Å². The van der Waals surface area contributed by atoms with E-state index < -0.39 is 0 Å². The molecule has 3 aromatic rings. The van der Waals surface area contributed by atoms with Crippen molar-refractivity contribution in [2.45, 2.75) is 32.7 Å². The molecule has 1 unspecified atom stereocenters. The largest absolute Gasteiger partial charge is 0.307 e. The molecule has 0 amide bonds. The fraction of sp³-hybridized carbons (Fsp3) is 0.400. The van der Waals surface area contributed by atoms with Crippen LogP contribution in [0.2, 0.25) is 0 Å². The van der Waals surface area contributed by atoms with Crippen molar-refractivity contribution in [2.24, 2.45) is 7.05 Å². The molecule has 0 fully saturated rings. The summed E-state index contributed by atoms with van der Waals surface area (Å²) in [5.74, 6) is 0.841. The number of aryl methyl sites for hydroxylation is 3. The van der Waals surface area contributed by atoms with Gasteiger partial charge in [0.05, 0.1) is 17.6 Å². The number of fused-ring (bicyclic) bond motifs is 1. The molecule has 5 nitrogen and oxygen atoms in total. The van der Waals surface area contributed by atoms with E-state index in [-0.39, 0.29) is 5.38 Å². The van der Waals surface area contributed by atoms with Crippen molar-refractivity contribution in [1.29, 1.82) is 0 Å². The molecule has 6 heteroatoms. The Morgan fingerprint density at radius 3 is 2.71 bits per heavy atom. The first kappa shape index (κ1) is 14.1. The van der Waals surface area contributed by atoms with Crippen LogP contribution in [0.3, 0.4) is 0 Å². The molecule has 0 N–H and O–H groups in total. The molecule has 0 aliphatic carbocycles. The Labute approximate surface area is 128 Å². The Hall–Kier alpha value is -1.88. The third kappa shape index (κ3) is 2.53. The normalized spacial score (nSPS) is 13.0. The number of hydrogen-bond acceptors (Lipinski definition) is 3. The summed E-state index contributed by atoms with van der Waals surface area (Å²) < 4.78 is 3.90. The third-order valence-electron chi connectivity index (χ3n) is 3.55. The summed E-state index contributed by atoms with van der Waals surface area (Å²) in [6.07, 6.45) is 3.89. The third-order valence-corrected chi connectivity index (χ3v) is 3.75. The molecule has 0 saturated heterocycles. The smallest absolute Gasteiger partial charge is 0.160 e. The van der Waals surface area contributed by atoms with Crippen LogP contribution in [0.1, 0.15) is 34.9 Å². The number of aromatic nitrogens is 5. The summed E-state index contributed by atoms with van der Waals surface area (Å²) in [6, 6.07) is 2.04. The van der Waals surface area contributed by atoms with Crippen LogP contribution in [0.5, 0.6) is 0 Å². The Morgan fingerprint density at radius 2 is 2.10 bits per heavy atom. The van der Waals surface area contributed by atoms with E-state index in [0.29, 0.717) is 6.54 Å². The van der Waals surface area contributed by atoms with E-state index in [1.807, 2.05) is 51.0 Å². The molecular formula is C15H18ClN5. The Morgan fingerprint density at radius 1 is 1.33 bits per heavy atom. The summed E-state index contributed by atoms with van der Waals surface area (Å²) in [5, 5.41) is 4.22. The van der Waals surface area contributed by atoms with Crippen LogP contribution in [0.25, 0.3) is 11.2 Å². The maximum atomic E-state index is 6.30. The van der Waals surface area contributed by atoms with Crippen molar-refractivity contribution < 1.29 is 0 Å². The molecule has 3 heterocycles. The number of alkyl halides is 1. The van der Waals surface area contributed by atoms with E-state index in [2.05, 4.69) is 19.6 Å². The minimum absolute atomic E-state index is 0.170. The van der Waals surface area contributed by atoms with Crippen molar-refractivity contribution >= 4 is 22.8 Å². The molecule has 0 saturated carbocycles. The summed E-state index contributed by atoms with van der Waals surface area (Å²) in [6.45, 7) is 6.64. The van der Waals surface area contributed by atoms with E-state index in [9.17, 15) is 0 Å². The maximum Gasteiger partial charge on any atom is 0.160 e. The van der Waals surface area contributed by atoms with Gasteiger partial charge >= 0.3 is 0 Å². The summed E-state index contributed by atoms with van der Waals surface area (Å²) in [5.41, 5.74) is 5.02. The minimum Gasteiger partial charge on any atom is -0.307 e. The zero-order valence-corrected chi connectivity index (χ0v) is 13.4. The van der Waals surface area contributed by atoms with E-state index >= 15 is 0 Å². The van der Waals surface area contributed by atoms with Gasteiger partial charge in [-0.1, -0.05) is 0 Å². The molecule has 1 atom stereocenters. The Kier molecular flexibility index (Phi) is 3.45. The molecule has 110 valence electrons. The first-order valence-corrected chi connectivity index (χ1v) is 7.35. The number of imidazole rings is 1. The van der Waals surface area contributed by atoms with Gasteiger partial charge in [0.25, 0.3) is 0 Å². The summed E-state index contributed by atoms with van der Waals surface area (Å²) in [7, 11) is 1.93. The maximum absolute atomic E-state index is 6.30. The molecule has 21 heavy (non-hydrogen) atoms. The standard InChI is InChI=1S/C15H18ClN5/c1-9-5-13-15(17-6-9)21(14(18-13)10(2)16)8-12-7-20(4)19-11(12)3/h5-7,10H,8H2,1-4H3. The topological polar surface area (TPSA) is 48.5 Å². The number of pyridine rings is 1. The molecule has 0 aliphatic heterocycles. The fourth-order valence-corrected chi connectivity index (χ4v) is 2.73. The predicted molar refractivity (Wildman–Crippen MR) is 83.6 cm³/mol. The lowest BCUT2D eigenvalue weighted by Crippen LogP contribution is -2.07. The first-order valence-electron chi connectivity index (χ1n) is 6.91. The van der Waals surface area contributed by atoms with E-state index in [4.69, 9.17) is 11.6 Å². The molecule has 0 aromatic carbocycles. The minimum atomic E-state index is -0.170. The number of rotatable bonds is 3. The van der Waals surface area contributed by atoms with Gasteiger partial charge < -0.3 is 4.57 Å². The van der Waals surface area contributed by atoms with Gasteiger partial charge in [0.1, 0.15) is 11.3 Å². The quantitative estimate of drug-likeness (QED) is 0.698. The van der Waals surface area contributed by atoms with Crippen LogP contribution in [-0.4, -0.2) is 24.3 Å². The average molecular weight is 304 g/mol. The molecule has 0 bridgehead atoms. The van der Waals surface area contributed by atoms with Gasteiger partial charge in [0.2, 0.25) is 0 Å². The number of hydrogen-bond donors (Lipinski definition) is 0. The van der Waals surface area contributed by atoms with Gasteiger partial charge in [0, 0.05) is 25.0 Å². The van der Waals surface area contributed by atoms with E-state index in [1.54, 1.807) is 0 Å². The van der Waals surface area contributed by atoms with Gasteiger partial charge in [-0.05, 0) is 32.4 Å². The molecule has 3 rings (SSSR count). The second-order valence-corrected chi connectivity index (χ2v) is 6.10. The predicted octanol–water partition coefficient (Wildman–Crippen LogP) is 3.13. The van der Waals surface area contributed by atoms with Gasteiger partial charge in [-0.2, -0.15) is 5.10 Å². The second kappa shape index (κ2) is 5.15. The zero-order chi connectivity index (χ0) is 15.1. The first-order chi connectivity index (χ1) is 9.95. The van der Waals surface area contributed by atoms with Crippen LogP contribution in [0.4, 0.5) is 0 Å². The van der Waals surface area contributed by atoms with E-state index in [1.165, 1.54) is 0 Å². The van der Waals surface area contributed by atoms with Crippen LogP contribution >= 0.6 is 11.6 Å². The fourth-order valence-electron chi connectivity index (χ4n) is 2.56. The zero-order valence-electron chi connectivity index (χ0n) is 12.6. The Bertz CT molecular complexity index is 800. The van der Waals surface area contributed by atoms with Crippen LogP contribution in [0.15, 0.2) is 18.5 Å². The van der Waals surface area contributed by atoms with Crippen molar-refractivity contribution in [3.05, 3.63) is 41.1 Å². The number of halogens is 1. The highest BCUT2D eigenvalue weighted by molar-refractivity contribution is 6.20. The van der Waals surface area contributed by atoms with Crippen molar-refractivity contribution in [3.63, 3.8) is 0 Å². The molecular weight excluding hydrogens is 286 g/mol. The highest BCUT2D eigenvalue weighted by Gasteiger charge is 2.17. The van der Waals surface area contributed by atoms with Crippen LogP contribution < -0.4 is 0 Å². The van der Waals surface area contributed by atoms with Crippen LogP contribution in [0, 0.1) is 13.8 Å². The molecule has 0 radical (unpaired) electrons. The highest BCUT2D eigenvalue weighted by atomic mass is 35.5. The van der Waals surface area contributed by atoms with Gasteiger partial charge in [0.15, 0.2) is 5.65 Å². The molecule has 0 aliphatic rings. The summed E-state index contributed by atoms with van der Waals surface area (Å²) in [4.78, 5) is 9.18. The van der Waals surface area contributed by atoms with Crippen molar-refractivity contribution in [2.75, 3.05) is 0 Å². The Balaban J connectivity index is 2.15. The van der Waals surface area contributed by atoms with Gasteiger partial charge in [-0.15, -0.1) is 11.6 Å². The summed E-state index contributed by atoms with van der Waals surface area (Å²) >= 11 is 6.30. The highest BCUT2D eigenvalue weighted by Crippen LogP contribution is 2.25. The van der Waals surface area contributed by atoms with Gasteiger partial charge in [-0.3, -0.25) is 4.68 Å². The lowest BCUT2D eigenvalue weighted by atomic mass is 10.2. The lowest BCUT2D eigenvalue weighted by molar-refractivity contribution is 0.732. The molecule has 0 spiro atoms. The van der Waals surface area contributed by atoms with Crippen molar-refractivity contribution in [1.82, 2.24) is 24.3 Å². The van der Waals surface area contributed by atoms with Gasteiger partial charge in [-0.25, -0.2) is 9.97 Å². The van der Waals surface area contributed by atoms with Crippen molar-refractivity contribution in [3.8, 4) is 0 Å². The average Bonchev–Trinajstić information content (AvgIpc) is 2.90.